The highest BCUT2D eigenvalue weighted by Gasteiger charge is 2.36. The minimum absolute atomic E-state index is 0.0922. The maximum absolute atomic E-state index is 14.4. The minimum Gasteiger partial charge on any atom is -0.496 e. The number of carbonyl (C=O) groups is 1. The summed E-state index contributed by atoms with van der Waals surface area (Å²) < 4.78 is 28.5. The molecule has 1 aromatic carbocycles. The number of amides is 1. The fraction of sp³-hybridized carbons (Fsp3) is 0.444. The number of carbonyl (C=O) groups excluding carboxylic acids is 1. The van der Waals surface area contributed by atoms with E-state index in [1.165, 1.54) is 72.3 Å². The Balaban J connectivity index is 2.06. The number of hydrogen-bond acceptors (Lipinski definition) is 8. The third-order valence-electron chi connectivity index (χ3n) is 6.56. The normalized spacial score (nSPS) is 12.7. The molecule has 0 aliphatic heterocycles. The first-order chi connectivity index (χ1) is 18.9. The van der Waals surface area contributed by atoms with Crippen molar-refractivity contribution < 1.29 is 18.7 Å². The molecular formula is C27H33FN6O5S. The molecule has 11 nitrogen and oxygen atoms in total. The maximum atomic E-state index is 14.4. The molecule has 0 aliphatic carbocycles. The first kappa shape index (κ1) is 29.2. The molecule has 40 heavy (non-hydrogen) atoms. The number of hydrogen-bond donors (Lipinski definition) is 1. The molecule has 0 saturated carbocycles. The Labute approximate surface area is 234 Å². The molecule has 4 rings (SSSR count). The van der Waals surface area contributed by atoms with Gasteiger partial charge in [-0.25, -0.2) is 13.8 Å². The van der Waals surface area contributed by atoms with Crippen molar-refractivity contribution in [2.75, 3.05) is 13.7 Å². The van der Waals surface area contributed by atoms with Crippen LogP contribution in [0.5, 0.6) is 5.75 Å². The van der Waals surface area contributed by atoms with E-state index in [4.69, 9.17) is 9.47 Å². The minimum atomic E-state index is -1.52. The molecule has 1 unspecified atom stereocenters. The van der Waals surface area contributed by atoms with Crippen molar-refractivity contribution in [2.24, 2.45) is 0 Å². The molecule has 0 aliphatic rings. The molecule has 0 fully saturated rings. The van der Waals surface area contributed by atoms with Gasteiger partial charge in [0.05, 0.1) is 37.5 Å². The van der Waals surface area contributed by atoms with Crippen LogP contribution >= 0.6 is 11.3 Å². The van der Waals surface area contributed by atoms with Gasteiger partial charge in [-0.05, 0) is 59.7 Å². The van der Waals surface area contributed by atoms with Gasteiger partial charge in [0.2, 0.25) is 5.91 Å². The van der Waals surface area contributed by atoms with E-state index in [1.54, 1.807) is 13.8 Å². The van der Waals surface area contributed by atoms with Crippen LogP contribution in [0.4, 0.5) is 4.39 Å². The number of fused-ring (bicyclic) bond motifs is 1. The van der Waals surface area contributed by atoms with Gasteiger partial charge in [-0.3, -0.25) is 14.2 Å². The fourth-order valence-corrected chi connectivity index (χ4v) is 5.86. The van der Waals surface area contributed by atoms with Crippen LogP contribution < -0.4 is 21.3 Å². The summed E-state index contributed by atoms with van der Waals surface area (Å²) in [6.45, 7) is 10.4. The van der Waals surface area contributed by atoms with Gasteiger partial charge in [0.15, 0.2) is 0 Å². The summed E-state index contributed by atoms with van der Waals surface area (Å²) in [5.74, 6) is -0.591. The number of likely N-dealkylation sites (N-methyl/N-ethyl adjacent to an activating group) is 1. The Morgan fingerprint density at radius 2 is 1.88 bits per heavy atom. The topological polar surface area (TPSA) is 122 Å². The molecule has 1 amide bonds. The van der Waals surface area contributed by atoms with E-state index in [2.05, 4.69) is 15.5 Å². The zero-order valence-electron chi connectivity index (χ0n) is 23.5. The Morgan fingerprint density at radius 1 is 1.20 bits per heavy atom. The van der Waals surface area contributed by atoms with Crippen molar-refractivity contribution in [1.82, 2.24) is 29.4 Å². The number of aromatic nitrogens is 5. The average Bonchev–Trinajstić information content (AvgIpc) is 3.53. The van der Waals surface area contributed by atoms with E-state index < -0.39 is 34.6 Å². The molecule has 0 bridgehead atoms. The number of methoxy groups -OCH3 is 1. The molecule has 3 heterocycles. The molecule has 214 valence electrons. The Morgan fingerprint density at radius 3 is 2.48 bits per heavy atom. The summed E-state index contributed by atoms with van der Waals surface area (Å²) in [6.07, 6.45) is 1.89. The van der Waals surface area contributed by atoms with Crippen LogP contribution in [0, 0.1) is 12.7 Å². The van der Waals surface area contributed by atoms with E-state index in [1.807, 2.05) is 13.8 Å². The van der Waals surface area contributed by atoms with Gasteiger partial charge in [0, 0.05) is 17.7 Å². The summed E-state index contributed by atoms with van der Waals surface area (Å²) in [5, 5.41) is 11.9. The first-order valence-electron chi connectivity index (χ1n) is 12.9. The third-order valence-corrected chi connectivity index (χ3v) is 7.84. The quantitative estimate of drug-likeness (QED) is 0.309. The standard InChI is InChI=1S/C27H33FN6O5S/c1-8-29-25(36)27(5,6)33-22(35)21-16(4)23(34-30-11-12-31-34)40-24(21)32(26(33)37)14-20(39-15(2)3)18-13-17(28)9-10-19(18)38-7/h9-13,15,20H,8,14H2,1-7H3,(H,29,36). The number of rotatable bonds is 10. The third kappa shape index (κ3) is 5.18. The van der Waals surface area contributed by atoms with E-state index in [0.717, 1.165) is 4.57 Å². The number of aryl methyl sites for hydroxylation is 1. The lowest BCUT2D eigenvalue weighted by Gasteiger charge is -2.28. The van der Waals surface area contributed by atoms with Crippen molar-refractivity contribution in [1.29, 1.82) is 0 Å². The molecule has 3 aromatic heterocycles. The maximum Gasteiger partial charge on any atom is 0.333 e. The summed E-state index contributed by atoms with van der Waals surface area (Å²) >= 11 is 1.17. The SMILES string of the molecule is CCNC(=O)C(C)(C)n1c(=O)c2c(C)c(-n3nccn3)sc2n(CC(OC(C)C)c2cc(F)ccc2OC)c1=O. The van der Waals surface area contributed by atoms with E-state index in [-0.39, 0.29) is 18.0 Å². The highest BCUT2D eigenvalue weighted by Crippen LogP contribution is 2.34. The van der Waals surface area contributed by atoms with Gasteiger partial charge < -0.3 is 14.8 Å². The second kappa shape index (κ2) is 11.3. The summed E-state index contributed by atoms with van der Waals surface area (Å²) in [6, 6.07) is 4.08. The Hall–Kier alpha value is -3.84. The Kier molecular flexibility index (Phi) is 8.26. The summed E-state index contributed by atoms with van der Waals surface area (Å²) in [7, 11) is 1.47. The monoisotopic (exact) mass is 572 g/mol. The van der Waals surface area contributed by atoms with Gasteiger partial charge >= 0.3 is 5.69 Å². The van der Waals surface area contributed by atoms with Crippen LogP contribution in [-0.2, 0) is 21.6 Å². The van der Waals surface area contributed by atoms with Gasteiger partial charge in [0.1, 0.15) is 33.0 Å². The van der Waals surface area contributed by atoms with E-state index >= 15 is 0 Å². The van der Waals surface area contributed by atoms with Crippen LogP contribution in [0.1, 0.15) is 51.8 Å². The summed E-state index contributed by atoms with van der Waals surface area (Å²) in [4.78, 5) is 43.0. The van der Waals surface area contributed by atoms with Crippen molar-refractivity contribution >= 4 is 27.5 Å². The predicted octanol–water partition coefficient (Wildman–Crippen LogP) is 3.30. The summed E-state index contributed by atoms with van der Waals surface area (Å²) in [5.41, 5.74) is -1.88. The lowest BCUT2D eigenvalue weighted by molar-refractivity contribution is -0.128. The average molecular weight is 573 g/mol. The molecular weight excluding hydrogens is 539 g/mol. The molecule has 13 heteroatoms. The van der Waals surface area contributed by atoms with Crippen molar-refractivity contribution in [3.63, 3.8) is 0 Å². The van der Waals surface area contributed by atoms with E-state index in [9.17, 15) is 18.8 Å². The fourth-order valence-electron chi connectivity index (χ4n) is 4.64. The van der Waals surface area contributed by atoms with Crippen molar-refractivity contribution in [2.45, 2.75) is 65.8 Å². The van der Waals surface area contributed by atoms with Crippen LogP contribution in [0.25, 0.3) is 15.2 Å². The number of nitrogens with zero attached hydrogens (tertiary/aromatic N) is 5. The van der Waals surface area contributed by atoms with Gasteiger partial charge in [0.25, 0.3) is 5.56 Å². The predicted molar refractivity (Wildman–Crippen MR) is 150 cm³/mol. The first-order valence-corrected chi connectivity index (χ1v) is 13.7. The van der Waals surface area contributed by atoms with Gasteiger partial charge in [-0.15, -0.1) is 4.80 Å². The molecule has 0 spiro atoms. The van der Waals surface area contributed by atoms with Crippen molar-refractivity contribution in [3.05, 3.63) is 68.4 Å². The number of benzene rings is 1. The molecule has 0 saturated heterocycles. The lowest BCUT2D eigenvalue weighted by Crippen LogP contribution is -2.55. The highest BCUT2D eigenvalue weighted by molar-refractivity contribution is 7.21. The zero-order valence-corrected chi connectivity index (χ0v) is 24.3. The number of nitrogens with one attached hydrogen (secondary N) is 1. The van der Waals surface area contributed by atoms with Crippen LogP contribution in [-0.4, -0.2) is 49.8 Å². The smallest absolute Gasteiger partial charge is 0.333 e. The molecule has 1 atom stereocenters. The van der Waals surface area contributed by atoms with Crippen LogP contribution in [0.15, 0.2) is 40.2 Å². The number of thiophene rings is 1. The highest BCUT2D eigenvalue weighted by atomic mass is 32.1. The Bertz CT molecular complexity index is 1650. The number of ether oxygens (including phenoxy) is 2. The van der Waals surface area contributed by atoms with Crippen LogP contribution in [0.3, 0.4) is 0 Å². The zero-order chi connectivity index (χ0) is 29.4. The molecule has 1 N–H and O–H groups in total. The number of halogens is 1. The molecule has 4 aromatic rings. The largest absolute Gasteiger partial charge is 0.496 e. The van der Waals surface area contributed by atoms with Crippen molar-refractivity contribution in [3.8, 4) is 10.8 Å². The van der Waals surface area contributed by atoms with E-state index in [0.29, 0.717) is 33.3 Å². The van der Waals surface area contributed by atoms with Gasteiger partial charge in [-0.2, -0.15) is 10.2 Å². The van der Waals surface area contributed by atoms with Gasteiger partial charge in [-0.1, -0.05) is 11.3 Å². The second-order valence-corrected chi connectivity index (χ2v) is 11.0. The van der Waals surface area contributed by atoms with Crippen LogP contribution in [0.2, 0.25) is 0 Å². The molecule has 0 radical (unpaired) electrons. The lowest BCUT2D eigenvalue weighted by atomic mass is 10.0. The second-order valence-electron chi connectivity index (χ2n) is 10.0.